The van der Waals surface area contributed by atoms with Crippen molar-refractivity contribution in [3.63, 3.8) is 0 Å². The van der Waals surface area contributed by atoms with Crippen molar-refractivity contribution in [2.45, 2.75) is 33.0 Å². The first-order chi connectivity index (χ1) is 12.6. The van der Waals surface area contributed by atoms with Crippen LogP contribution >= 0.6 is 0 Å². The maximum Gasteiger partial charge on any atom is 0.157 e. The standard InChI is InChI=1S/C19H25N3O4/c1-4-17-25-10-19(2,11-26-17)18(23)16(22-13-20-12-21-22)9-14-5-7-15(24-3)8-6-14/h5-8,12-13,17,23H,4,9-11H2,1-3H3. The summed E-state index contributed by atoms with van der Waals surface area (Å²) < 4.78 is 18.3. The maximum atomic E-state index is 11.1. The van der Waals surface area contributed by atoms with Crippen LogP contribution in [-0.2, 0) is 15.9 Å². The molecule has 7 heteroatoms. The van der Waals surface area contributed by atoms with Gasteiger partial charge in [0, 0.05) is 6.42 Å². The molecule has 0 bridgehead atoms. The van der Waals surface area contributed by atoms with E-state index < -0.39 is 5.41 Å². The number of hydrogen-bond donors (Lipinski definition) is 1. The van der Waals surface area contributed by atoms with Crippen LogP contribution in [0, 0.1) is 5.41 Å². The average Bonchev–Trinajstić information content (AvgIpc) is 3.21. The van der Waals surface area contributed by atoms with E-state index in [2.05, 4.69) is 10.1 Å². The van der Waals surface area contributed by atoms with Crippen LogP contribution in [0.25, 0.3) is 5.70 Å². The van der Waals surface area contributed by atoms with Crippen molar-refractivity contribution in [1.82, 2.24) is 14.8 Å². The zero-order valence-electron chi connectivity index (χ0n) is 15.4. The molecule has 26 heavy (non-hydrogen) atoms. The highest BCUT2D eigenvalue weighted by Crippen LogP contribution is 2.35. The molecule has 0 saturated carbocycles. The molecule has 1 fully saturated rings. The van der Waals surface area contributed by atoms with E-state index in [1.807, 2.05) is 38.1 Å². The number of allylic oxidation sites excluding steroid dienone is 1. The summed E-state index contributed by atoms with van der Waals surface area (Å²) in [7, 11) is 1.63. The van der Waals surface area contributed by atoms with Gasteiger partial charge in [-0.05, 0) is 31.0 Å². The Labute approximate surface area is 153 Å². The monoisotopic (exact) mass is 359 g/mol. The minimum absolute atomic E-state index is 0.202. The van der Waals surface area contributed by atoms with Crippen LogP contribution < -0.4 is 4.74 Å². The predicted molar refractivity (Wildman–Crippen MR) is 96.7 cm³/mol. The number of aromatic nitrogens is 3. The quantitative estimate of drug-likeness (QED) is 0.799. The summed E-state index contributed by atoms with van der Waals surface area (Å²) in [5.74, 6) is 0.990. The van der Waals surface area contributed by atoms with Gasteiger partial charge < -0.3 is 19.3 Å². The summed E-state index contributed by atoms with van der Waals surface area (Å²) in [6, 6.07) is 7.72. The number of hydrogen-bond acceptors (Lipinski definition) is 6. The number of rotatable bonds is 6. The number of benzene rings is 1. The average molecular weight is 359 g/mol. The molecule has 0 amide bonds. The maximum absolute atomic E-state index is 11.1. The molecule has 1 aromatic heterocycles. The molecule has 2 aromatic rings. The molecule has 2 heterocycles. The molecule has 0 radical (unpaired) electrons. The van der Waals surface area contributed by atoms with Crippen LogP contribution in [-0.4, -0.2) is 46.5 Å². The normalized spacial score (nSPS) is 24.2. The van der Waals surface area contributed by atoms with Crippen LogP contribution in [0.4, 0.5) is 0 Å². The lowest BCUT2D eigenvalue weighted by atomic mass is 9.87. The molecule has 0 spiro atoms. The Morgan fingerprint density at radius 2 is 2.00 bits per heavy atom. The van der Waals surface area contributed by atoms with Gasteiger partial charge in [0.2, 0.25) is 0 Å². The van der Waals surface area contributed by atoms with E-state index in [4.69, 9.17) is 14.2 Å². The fraction of sp³-hybridized carbons (Fsp3) is 0.474. The lowest BCUT2D eigenvalue weighted by Crippen LogP contribution is -2.41. The van der Waals surface area contributed by atoms with Gasteiger partial charge in [0.25, 0.3) is 0 Å². The first-order valence-corrected chi connectivity index (χ1v) is 8.69. The van der Waals surface area contributed by atoms with Gasteiger partial charge in [0.15, 0.2) is 6.29 Å². The molecule has 140 valence electrons. The van der Waals surface area contributed by atoms with E-state index in [0.29, 0.717) is 25.3 Å². The number of aliphatic hydroxyl groups is 1. The first kappa shape index (κ1) is 18.4. The van der Waals surface area contributed by atoms with Gasteiger partial charge >= 0.3 is 0 Å². The Balaban J connectivity index is 1.91. The van der Waals surface area contributed by atoms with Crippen LogP contribution in [0.2, 0.25) is 0 Å². The highest BCUT2D eigenvalue weighted by molar-refractivity contribution is 5.53. The smallest absolute Gasteiger partial charge is 0.157 e. The summed E-state index contributed by atoms with van der Waals surface area (Å²) in [6.45, 7) is 4.71. The van der Waals surface area contributed by atoms with E-state index in [1.54, 1.807) is 18.1 Å². The molecule has 7 nitrogen and oxygen atoms in total. The number of aliphatic hydroxyl groups excluding tert-OH is 1. The summed E-state index contributed by atoms with van der Waals surface area (Å²) in [4.78, 5) is 4.01. The molecule has 1 aliphatic heterocycles. The second-order valence-corrected chi connectivity index (χ2v) is 6.68. The van der Waals surface area contributed by atoms with Crippen molar-refractivity contribution in [3.05, 3.63) is 48.2 Å². The van der Waals surface area contributed by atoms with Crippen LogP contribution in [0.15, 0.2) is 42.7 Å². The molecular weight excluding hydrogens is 334 g/mol. The van der Waals surface area contributed by atoms with Gasteiger partial charge in [0.1, 0.15) is 24.2 Å². The minimum atomic E-state index is -0.639. The first-order valence-electron chi connectivity index (χ1n) is 8.69. The van der Waals surface area contributed by atoms with E-state index in [1.165, 1.54) is 6.33 Å². The topological polar surface area (TPSA) is 78.6 Å². The lowest BCUT2D eigenvalue weighted by Gasteiger charge is -2.37. The molecule has 1 N–H and O–H groups in total. The molecule has 0 aliphatic carbocycles. The Kier molecular flexibility index (Phi) is 5.58. The van der Waals surface area contributed by atoms with Gasteiger partial charge in [-0.3, -0.25) is 0 Å². The Morgan fingerprint density at radius 3 is 2.54 bits per heavy atom. The summed E-state index contributed by atoms with van der Waals surface area (Å²) >= 11 is 0. The van der Waals surface area contributed by atoms with Gasteiger partial charge in [0.05, 0.1) is 31.4 Å². The summed E-state index contributed by atoms with van der Waals surface area (Å²) in [5, 5.41) is 15.3. The fourth-order valence-corrected chi connectivity index (χ4v) is 2.92. The number of ether oxygens (including phenoxy) is 3. The van der Waals surface area contributed by atoms with Crippen molar-refractivity contribution in [1.29, 1.82) is 0 Å². The molecule has 1 aliphatic rings. The largest absolute Gasteiger partial charge is 0.510 e. The van der Waals surface area contributed by atoms with Crippen molar-refractivity contribution in [2.24, 2.45) is 5.41 Å². The Hall–Kier alpha value is -2.38. The van der Waals surface area contributed by atoms with E-state index >= 15 is 0 Å². The molecule has 0 atom stereocenters. The van der Waals surface area contributed by atoms with E-state index in [9.17, 15) is 5.11 Å². The van der Waals surface area contributed by atoms with E-state index in [-0.39, 0.29) is 12.0 Å². The molecule has 1 aromatic carbocycles. The van der Waals surface area contributed by atoms with Crippen molar-refractivity contribution in [2.75, 3.05) is 20.3 Å². The number of nitrogens with zero attached hydrogens (tertiary/aromatic N) is 3. The number of methoxy groups -OCH3 is 1. The highest BCUT2D eigenvalue weighted by Gasteiger charge is 2.38. The zero-order valence-corrected chi connectivity index (χ0v) is 15.4. The summed E-state index contributed by atoms with van der Waals surface area (Å²) in [5.41, 5.74) is 1.03. The summed E-state index contributed by atoms with van der Waals surface area (Å²) in [6.07, 6.45) is 4.09. The lowest BCUT2D eigenvalue weighted by molar-refractivity contribution is -0.222. The zero-order chi connectivity index (χ0) is 18.6. The second-order valence-electron chi connectivity index (χ2n) is 6.68. The Morgan fingerprint density at radius 1 is 1.31 bits per heavy atom. The molecule has 0 unspecified atom stereocenters. The molecular formula is C19H25N3O4. The van der Waals surface area contributed by atoms with Crippen molar-refractivity contribution < 1.29 is 19.3 Å². The van der Waals surface area contributed by atoms with Crippen molar-refractivity contribution in [3.8, 4) is 5.75 Å². The van der Waals surface area contributed by atoms with Crippen molar-refractivity contribution >= 4 is 5.70 Å². The van der Waals surface area contributed by atoms with Gasteiger partial charge in [-0.15, -0.1) is 0 Å². The third-order valence-corrected chi connectivity index (χ3v) is 4.58. The van der Waals surface area contributed by atoms with Crippen LogP contribution in [0.3, 0.4) is 0 Å². The van der Waals surface area contributed by atoms with E-state index in [0.717, 1.165) is 17.7 Å². The third kappa shape index (κ3) is 3.89. The van der Waals surface area contributed by atoms with Crippen LogP contribution in [0.5, 0.6) is 5.75 Å². The predicted octanol–water partition coefficient (Wildman–Crippen LogP) is 3.05. The minimum Gasteiger partial charge on any atom is -0.510 e. The Bertz CT molecular complexity index is 733. The van der Waals surface area contributed by atoms with Gasteiger partial charge in [-0.2, -0.15) is 5.10 Å². The fourth-order valence-electron chi connectivity index (χ4n) is 2.92. The highest BCUT2D eigenvalue weighted by atomic mass is 16.7. The van der Waals surface area contributed by atoms with Gasteiger partial charge in [-0.25, -0.2) is 9.67 Å². The third-order valence-electron chi connectivity index (χ3n) is 4.58. The molecule has 3 rings (SSSR count). The van der Waals surface area contributed by atoms with Gasteiger partial charge in [-0.1, -0.05) is 19.1 Å². The molecule has 1 saturated heterocycles. The van der Waals surface area contributed by atoms with Crippen LogP contribution in [0.1, 0.15) is 25.8 Å². The second kappa shape index (κ2) is 7.88. The SMILES string of the molecule is CCC1OCC(C)(C(O)=C(Cc2ccc(OC)cc2)n2cncn2)CO1.